The second-order valence-corrected chi connectivity index (χ2v) is 7.25. The number of carbonyl (C=O) groups excluding carboxylic acids is 1. The highest BCUT2D eigenvalue weighted by atomic mass is 16.8. The molecule has 27 heavy (non-hydrogen) atoms. The molecule has 10 nitrogen and oxygen atoms in total. The molecule has 0 aromatic carbocycles. The minimum absolute atomic E-state index is 0.279. The van der Waals surface area contributed by atoms with Crippen molar-refractivity contribution in [3.8, 4) is 0 Å². The molecule has 5 N–H and O–H groups in total. The highest BCUT2D eigenvalue weighted by molar-refractivity contribution is 5.89. The Labute approximate surface area is 155 Å². The molecule has 0 aromatic heterocycles. The minimum Gasteiger partial charge on any atom is -0.472 e. The Bertz CT molecular complexity index is 578. The van der Waals surface area contributed by atoms with Crippen LogP contribution in [0.5, 0.6) is 0 Å². The predicted molar refractivity (Wildman–Crippen MR) is 86.6 cm³/mol. The summed E-state index contributed by atoms with van der Waals surface area (Å²) in [5.74, 6) is -1.63. The Morgan fingerprint density at radius 3 is 2.52 bits per heavy atom. The van der Waals surface area contributed by atoms with Crippen molar-refractivity contribution in [2.24, 2.45) is 17.8 Å². The number of esters is 1. The molecule has 0 radical (unpaired) electrons. The van der Waals surface area contributed by atoms with E-state index in [9.17, 15) is 30.3 Å². The summed E-state index contributed by atoms with van der Waals surface area (Å²) >= 11 is 0. The van der Waals surface area contributed by atoms with Crippen LogP contribution in [0.1, 0.15) is 13.3 Å². The first-order chi connectivity index (χ1) is 12.8. The summed E-state index contributed by atoms with van der Waals surface area (Å²) in [6, 6.07) is 0. The maximum absolute atomic E-state index is 12.0. The van der Waals surface area contributed by atoms with E-state index in [2.05, 4.69) is 0 Å². The van der Waals surface area contributed by atoms with E-state index in [1.807, 2.05) is 0 Å². The predicted octanol–water partition coefficient (Wildman–Crippen LogP) is -2.15. The third-order valence-electron chi connectivity index (χ3n) is 5.75. The summed E-state index contributed by atoms with van der Waals surface area (Å²) < 4.78 is 21.4. The molecule has 1 saturated carbocycles. The first-order valence-electron chi connectivity index (χ1n) is 8.88. The van der Waals surface area contributed by atoms with Gasteiger partial charge in [0.15, 0.2) is 6.29 Å². The first kappa shape index (κ1) is 20.5. The second kappa shape index (κ2) is 8.00. The molecule has 3 rings (SSSR count). The first-order valence-corrected chi connectivity index (χ1v) is 8.88. The van der Waals surface area contributed by atoms with Crippen LogP contribution >= 0.6 is 0 Å². The molecule has 0 bridgehead atoms. The van der Waals surface area contributed by atoms with Crippen LogP contribution in [0.3, 0.4) is 0 Å². The van der Waals surface area contributed by atoms with Crippen LogP contribution in [0.2, 0.25) is 0 Å². The molecule has 10 heteroatoms. The normalized spacial score (nSPS) is 47.0. The molecule has 0 unspecified atom stereocenters. The third-order valence-corrected chi connectivity index (χ3v) is 5.75. The van der Waals surface area contributed by atoms with Crippen molar-refractivity contribution >= 4 is 5.97 Å². The van der Waals surface area contributed by atoms with Gasteiger partial charge >= 0.3 is 5.97 Å². The van der Waals surface area contributed by atoms with Crippen LogP contribution in [0, 0.1) is 17.8 Å². The molecule has 0 spiro atoms. The molecule has 2 aliphatic heterocycles. The van der Waals surface area contributed by atoms with E-state index in [0.29, 0.717) is 12.0 Å². The molecule has 0 aromatic rings. The molecule has 10 atom stereocenters. The van der Waals surface area contributed by atoms with E-state index in [1.54, 1.807) is 6.92 Å². The Morgan fingerprint density at radius 2 is 1.89 bits per heavy atom. The summed E-state index contributed by atoms with van der Waals surface area (Å²) in [6.45, 7) is 1.21. The lowest BCUT2D eigenvalue weighted by molar-refractivity contribution is -0.342. The minimum atomic E-state index is -1.58. The van der Waals surface area contributed by atoms with Gasteiger partial charge in [-0.25, -0.2) is 4.79 Å². The van der Waals surface area contributed by atoms with Gasteiger partial charge in [-0.2, -0.15) is 0 Å². The maximum atomic E-state index is 12.0. The Morgan fingerprint density at radius 1 is 1.19 bits per heavy atom. The van der Waals surface area contributed by atoms with Gasteiger partial charge < -0.3 is 44.5 Å². The topological polar surface area (TPSA) is 155 Å². The zero-order valence-electron chi connectivity index (χ0n) is 15.0. The van der Waals surface area contributed by atoms with E-state index in [4.69, 9.17) is 18.9 Å². The van der Waals surface area contributed by atoms with Gasteiger partial charge in [0.05, 0.1) is 31.7 Å². The van der Waals surface area contributed by atoms with Gasteiger partial charge in [0, 0.05) is 11.8 Å². The Hall–Kier alpha value is -1.27. The van der Waals surface area contributed by atoms with E-state index in [-0.39, 0.29) is 11.8 Å². The lowest BCUT2D eigenvalue weighted by Crippen LogP contribution is -2.60. The van der Waals surface area contributed by atoms with Gasteiger partial charge in [-0.3, -0.25) is 0 Å². The number of aliphatic hydroxyl groups is 5. The molecule has 1 aliphatic carbocycles. The average Bonchev–Trinajstić information content (AvgIpc) is 2.96. The zero-order valence-corrected chi connectivity index (χ0v) is 15.0. The Kier molecular flexibility index (Phi) is 6.06. The van der Waals surface area contributed by atoms with Crippen LogP contribution in [-0.4, -0.2) is 88.3 Å². The molecule has 0 amide bonds. The third kappa shape index (κ3) is 3.58. The van der Waals surface area contributed by atoms with E-state index in [1.165, 1.54) is 13.4 Å². The fourth-order valence-corrected chi connectivity index (χ4v) is 4.10. The monoisotopic (exact) mass is 390 g/mol. The quantitative estimate of drug-likeness (QED) is 0.336. The largest absolute Gasteiger partial charge is 0.472 e. The van der Waals surface area contributed by atoms with Crippen LogP contribution in [-0.2, 0) is 23.7 Å². The molecular weight excluding hydrogens is 364 g/mol. The van der Waals surface area contributed by atoms with Crippen molar-refractivity contribution in [2.75, 3.05) is 13.7 Å². The lowest BCUT2D eigenvalue weighted by Gasteiger charge is -2.43. The van der Waals surface area contributed by atoms with Gasteiger partial charge in [0.25, 0.3) is 0 Å². The summed E-state index contributed by atoms with van der Waals surface area (Å²) in [5.41, 5.74) is 0.291. The summed E-state index contributed by atoms with van der Waals surface area (Å²) in [6.07, 6.45) is -7.25. The summed E-state index contributed by atoms with van der Waals surface area (Å²) in [4.78, 5) is 12.0. The zero-order chi connectivity index (χ0) is 19.9. The highest BCUT2D eigenvalue weighted by Crippen LogP contribution is 2.47. The van der Waals surface area contributed by atoms with Crippen molar-refractivity contribution in [1.29, 1.82) is 0 Å². The number of aliphatic hydroxyl groups excluding tert-OH is 5. The summed E-state index contributed by atoms with van der Waals surface area (Å²) in [5, 5.41) is 49.4. The number of rotatable bonds is 4. The number of carbonyl (C=O) groups is 1. The van der Waals surface area contributed by atoms with Crippen molar-refractivity contribution in [1.82, 2.24) is 0 Å². The molecular formula is C17H26O10. The Balaban J connectivity index is 1.80. The van der Waals surface area contributed by atoms with Crippen LogP contribution < -0.4 is 0 Å². The number of hydrogen-bond acceptors (Lipinski definition) is 10. The number of fused-ring (bicyclic) bond motifs is 1. The molecule has 1 saturated heterocycles. The van der Waals surface area contributed by atoms with Gasteiger partial charge in [-0.05, 0) is 12.3 Å². The van der Waals surface area contributed by atoms with E-state index in [0.717, 1.165) is 0 Å². The number of methoxy groups -OCH3 is 1. The van der Waals surface area contributed by atoms with E-state index < -0.39 is 61.6 Å². The second-order valence-electron chi connectivity index (χ2n) is 7.25. The van der Waals surface area contributed by atoms with Gasteiger partial charge in [-0.15, -0.1) is 0 Å². The van der Waals surface area contributed by atoms with Gasteiger partial charge in [-0.1, -0.05) is 6.92 Å². The van der Waals surface area contributed by atoms with Gasteiger partial charge in [0.1, 0.15) is 24.4 Å². The SMILES string of the molecule is COC(=O)C1=CO[C@@H](O[C@H]2O[C@@H](CO)[C@H](O)[C@@H](O)[C@@H]2O)[C@H]2[C@H](C)[C@@H](O)C[C@@H]12. The van der Waals surface area contributed by atoms with Crippen molar-refractivity contribution in [3.63, 3.8) is 0 Å². The van der Waals surface area contributed by atoms with Crippen LogP contribution in [0.15, 0.2) is 11.8 Å². The fraction of sp³-hybridized carbons (Fsp3) is 0.824. The smallest absolute Gasteiger partial charge is 0.337 e. The molecule has 154 valence electrons. The molecule has 3 aliphatic rings. The van der Waals surface area contributed by atoms with Crippen LogP contribution in [0.4, 0.5) is 0 Å². The summed E-state index contributed by atoms with van der Waals surface area (Å²) in [7, 11) is 1.25. The number of hydrogen-bond donors (Lipinski definition) is 5. The molecule has 2 heterocycles. The van der Waals surface area contributed by atoms with Crippen molar-refractivity contribution in [3.05, 3.63) is 11.8 Å². The maximum Gasteiger partial charge on any atom is 0.337 e. The van der Waals surface area contributed by atoms with Crippen LogP contribution in [0.25, 0.3) is 0 Å². The average molecular weight is 390 g/mol. The number of ether oxygens (including phenoxy) is 4. The van der Waals surface area contributed by atoms with Crippen molar-refractivity contribution < 1.29 is 49.3 Å². The fourth-order valence-electron chi connectivity index (χ4n) is 4.10. The highest BCUT2D eigenvalue weighted by Gasteiger charge is 2.53. The lowest BCUT2D eigenvalue weighted by atomic mass is 9.83. The van der Waals surface area contributed by atoms with Crippen molar-refractivity contribution in [2.45, 2.75) is 56.4 Å². The standard InChI is InChI=1S/C17H26O10/c1-6-9(19)3-7-8(15(23)24-2)5-25-16(11(6)7)27-17-14(22)13(21)12(20)10(4-18)26-17/h5-7,9-14,16-22H,3-4H2,1-2H3/t6-,7+,9+,10+,11+,12+,13-,14+,16+,17-/m1/s1. The molecule has 2 fully saturated rings. The van der Waals surface area contributed by atoms with Gasteiger partial charge in [0.2, 0.25) is 6.29 Å². The van der Waals surface area contributed by atoms with E-state index >= 15 is 0 Å².